The van der Waals surface area contributed by atoms with Crippen LogP contribution in [0.4, 0.5) is 0 Å². The van der Waals surface area contributed by atoms with Crippen LogP contribution in [-0.2, 0) is 20.9 Å². The van der Waals surface area contributed by atoms with Gasteiger partial charge in [0.2, 0.25) is 0 Å². The molecule has 0 fully saturated rings. The summed E-state index contributed by atoms with van der Waals surface area (Å²) in [7, 11) is 0. The standard InChI is InChI=1S/C12H12N2O5/c1-2-18-11(16)10(15)13-6-7-3-4-9-8(5-7)14-12(17)19-9/h3-5H,2,6H2,1H3,(H,13,15)(H,14,17). The fraction of sp³-hybridized carbons (Fsp3) is 0.250. The molecule has 1 aromatic heterocycles. The minimum absolute atomic E-state index is 0.147. The van der Waals surface area contributed by atoms with Crippen LogP contribution in [0, 0.1) is 0 Å². The molecule has 1 aromatic carbocycles. The van der Waals surface area contributed by atoms with Gasteiger partial charge in [0, 0.05) is 6.54 Å². The highest BCUT2D eigenvalue weighted by molar-refractivity contribution is 6.32. The van der Waals surface area contributed by atoms with E-state index in [1.807, 2.05) is 0 Å². The predicted molar refractivity (Wildman–Crippen MR) is 65.3 cm³/mol. The SMILES string of the molecule is CCOC(=O)C(=O)NCc1ccc2oc(=O)[nH]c2c1. The number of H-pyrrole nitrogens is 1. The van der Waals surface area contributed by atoms with E-state index in [-0.39, 0.29) is 13.2 Å². The molecule has 2 aromatic rings. The minimum Gasteiger partial charge on any atom is -0.459 e. The quantitative estimate of drug-likeness (QED) is 0.613. The minimum atomic E-state index is -0.916. The summed E-state index contributed by atoms with van der Waals surface area (Å²) in [6.45, 7) is 1.92. The number of hydrogen-bond acceptors (Lipinski definition) is 5. The molecular formula is C12H12N2O5. The van der Waals surface area contributed by atoms with Crippen LogP contribution in [0.3, 0.4) is 0 Å². The largest absolute Gasteiger partial charge is 0.459 e. The van der Waals surface area contributed by atoms with Gasteiger partial charge >= 0.3 is 17.6 Å². The molecule has 0 bridgehead atoms. The number of nitrogens with one attached hydrogen (secondary N) is 2. The number of oxazole rings is 1. The van der Waals surface area contributed by atoms with Crippen LogP contribution in [0.5, 0.6) is 0 Å². The molecule has 0 radical (unpaired) electrons. The number of rotatable bonds is 3. The van der Waals surface area contributed by atoms with E-state index in [9.17, 15) is 14.4 Å². The molecular weight excluding hydrogens is 252 g/mol. The first-order chi connectivity index (χ1) is 9.10. The Balaban J connectivity index is 2.03. The molecule has 100 valence electrons. The third-order valence-electron chi connectivity index (χ3n) is 2.40. The number of ether oxygens (including phenoxy) is 1. The Morgan fingerprint density at radius 3 is 2.95 bits per heavy atom. The van der Waals surface area contributed by atoms with Crippen molar-refractivity contribution >= 4 is 23.0 Å². The highest BCUT2D eigenvalue weighted by Gasteiger charge is 2.13. The van der Waals surface area contributed by atoms with Crippen molar-refractivity contribution in [3.63, 3.8) is 0 Å². The highest BCUT2D eigenvalue weighted by Crippen LogP contribution is 2.11. The van der Waals surface area contributed by atoms with E-state index >= 15 is 0 Å². The molecule has 1 amide bonds. The van der Waals surface area contributed by atoms with Crippen LogP contribution in [0.15, 0.2) is 27.4 Å². The number of aromatic nitrogens is 1. The molecule has 0 unspecified atom stereocenters. The van der Waals surface area contributed by atoms with Gasteiger partial charge in [0.15, 0.2) is 5.58 Å². The summed E-state index contributed by atoms with van der Waals surface area (Å²) in [6, 6.07) is 4.95. The van der Waals surface area contributed by atoms with Crippen LogP contribution >= 0.6 is 0 Å². The van der Waals surface area contributed by atoms with Gasteiger partial charge in [-0.3, -0.25) is 9.78 Å². The summed E-state index contributed by atoms with van der Waals surface area (Å²) in [5.74, 6) is -2.26. The van der Waals surface area contributed by atoms with Crippen molar-refractivity contribution < 1.29 is 18.7 Å². The maximum Gasteiger partial charge on any atom is 0.417 e. The van der Waals surface area contributed by atoms with Crippen LogP contribution in [0.2, 0.25) is 0 Å². The third kappa shape index (κ3) is 3.01. The zero-order valence-corrected chi connectivity index (χ0v) is 10.2. The van der Waals surface area contributed by atoms with Crippen molar-refractivity contribution in [1.29, 1.82) is 0 Å². The van der Waals surface area contributed by atoms with E-state index in [1.54, 1.807) is 25.1 Å². The Hall–Kier alpha value is -2.57. The van der Waals surface area contributed by atoms with Crippen LogP contribution in [-0.4, -0.2) is 23.5 Å². The van der Waals surface area contributed by atoms with Crippen LogP contribution < -0.4 is 11.1 Å². The number of benzene rings is 1. The van der Waals surface area contributed by atoms with Gasteiger partial charge < -0.3 is 14.5 Å². The Kier molecular flexibility index (Phi) is 3.65. The normalized spacial score (nSPS) is 10.4. The van der Waals surface area contributed by atoms with E-state index in [0.717, 1.165) is 5.56 Å². The summed E-state index contributed by atoms with van der Waals surface area (Å²) >= 11 is 0. The molecule has 19 heavy (non-hydrogen) atoms. The lowest BCUT2D eigenvalue weighted by atomic mass is 10.2. The fourth-order valence-corrected chi connectivity index (χ4v) is 1.56. The topological polar surface area (TPSA) is 101 Å². The number of fused-ring (bicyclic) bond motifs is 1. The molecule has 0 saturated carbocycles. The maximum absolute atomic E-state index is 11.3. The van der Waals surface area contributed by atoms with Crippen molar-refractivity contribution in [2.75, 3.05) is 6.61 Å². The smallest absolute Gasteiger partial charge is 0.417 e. The van der Waals surface area contributed by atoms with Crippen molar-refractivity contribution in [3.8, 4) is 0 Å². The van der Waals surface area contributed by atoms with Crippen molar-refractivity contribution in [3.05, 3.63) is 34.3 Å². The fourth-order valence-electron chi connectivity index (χ4n) is 1.56. The van der Waals surface area contributed by atoms with E-state index in [1.165, 1.54) is 0 Å². The molecule has 0 aliphatic rings. The number of carbonyl (C=O) groups is 2. The van der Waals surface area contributed by atoms with Gasteiger partial charge in [-0.15, -0.1) is 0 Å². The second-order valence-corrected chi connectivity index (χ2v) is 3.75. The lowest BCUT2D eigenvalue weighted by Crippen LogP contribution is -2.32. The summed E-state index contributed by atoms with van der Waals surface area (Å²) in [5.41, 5.74) is 1.69. The Morgan fingerprint density at radius 1 is 1.42 bits per heavy atom. The molecule has 2 N–H and O–H groups in total. The van der Waals surface area contributed by atoms with Gasteiger partial charge in [-0.2, -0.15) is 0 Å². The number of aromatic amines is 1. The van der Waals surface area contributed by atoms with Gasteiger partial charge in [-0.05, 0) is 24.6 Å². The molecule has 0 spiro atoms. The lowest BCUT2D eigenvalue weighted by Gasteiger charge is -2.04. The average molecular weight is 264 g/mol. The molecule has 7 nitrogen and oxygen atoms in total. The summed E-state index contributed by atoms with van der Waals surface area (Å²) in [5, 5.41) is 2.42. The van der Waals surface area contributed by atoms with E-state index in [2.05, 4.69) is 15.0 Å². The Bertz CT molecular complexity index is 670. The summed E-state index contributed by atoms with van der Waals surface area (Å²) in [4.78, 5) is 35.9. The highest BCUT2D eigenvalue weighted by atomic mass is 16.5. The lowest BCUT2D eigenvalue weighted by molar-refractivity contribution is -0.154. The zero-order chi connectivity index (χ0) is 13.8. The van der Waals surface area contributed by atoms with Gasteiger partial charge in [0.05, 0.1) is 12.1 Å². The predicted octanol–water partition coefficient (Wildman–Crippen LogP) is 0.300. The van der Waals surface area contributed by atoms with Gasteiger partial charge in [-0.25, -0.2) is 9.59 Å². The summed E-state index contributed by atoms with van der Waals surface area (Å²) in [6.07, 6.45) is 0. The Morgan fingerprint density at radius 2 is 2.21 bits per heavy atom. The molecule has 7 heteroatoms. The van der Waals surface area contributed by atoms with Crippen LogP contribution in [0.25, 0.3) is 11.1 Å². The molecule has 2 rings (SSSR count). The van der Waals surface area contributed by atoms with Crippen molar-refractivity contribution in [1.82, 2.24) is 10.3 Å². The molecule has 0 saturated heterocycles. The van der Waals surface area contributed by atoms with Crippen molar-refractivity contribution in [2.24, 2.45) is 0 Å². The average Bonchev–Trinajstić information content (AvgIpc) is 2.75. The first-order valence-electron chi connectivity index (χ1n) is 5.67. The monoisotopic (exact) mass is 264 g/mol. The Labute approximate surface area is 107 Å². The number of esters is 1. The van der Waals surface area contributed by atoms with Crippen LogP contribution in [0.1, 0.15) is 12.5 Å². The van der Waals surface area contributed by atoms with Gasteiger partial charge in [0.1, 0.15) is 0 Å². The summed E-state index contributed by atoms with van der Waals surface area (Å²) < 4.78 is 9.40. The second-order valence-electron chi connectivity index (χ2n) is 3.75. The maximum atomic E-state index is 11.3. The molecule has 0 atom stereocenters. The molecule has 1 heterocycles. The second kappa shape index (κ2) is 5.38. The van der Waals surface area contributed by atoms with E-state index < -0.39 is 17.6 Å². The van der Waals surface area contributed by atoms with Gasteiger partial charge in [-0.1, -0.05) is 6.07 Å². The third-order valence-corrected chi connectivity index (χ3v) is 2.40. The van der Waals surface area contributed by atoms with Gasteiger partial charge in [0.25, 0.3) is 0 Å². The van der Waals surface area contributed by atoms with E-state index in [0.29, 0.717) is 11.1 Å². The first-order valence-corrected chi connectivity index (χ1v) is 5.67. The molecule has 0 aliphatic carbocycles. The zero-order valence-electron chi connectivity index (χ0n) is 10.2. The first kappa shape index (κ1) is 12.9. The number of carbonyl (C=O) groups excluding carboxylic acids is 2. The molecule has 0 aliphatic heterocycles. The van der Waals surface area contributed by atoms with Crippen molar-refractivity contribution in [2.45, 2.75) is 13.5 Å². The number of amides is 1. The van der Waals surface area contributed by atoms with E-state index in [4.69, 9.17) is 4.42 Å². The number of hydrogen-bond donors (Lipinski definition) is 2.